The molecule has 6 heteroatoms. The molecule has 0 unspecified atom stereocenters. The van der Waals surface area contributed by atoms with Crippen LogP contribution in [0.2, 0.25) is 0 Å². The van der Waals surface area contributed by atoms with Crippen molar-refractivity contribution in [3.63, 3.8) is 0 Å². The van der Waals surface area contributed by atoms with Crippen molar-refractivity contribution in [2.45, 2.75) is 64.6 Å². The van der Waals surface area contributed by atoms with Gasteiger partial charge in [-0.2, -0.15) is 0 Å². The van der Waals surface area contributed by atoms with E-state index in [2.05, 4.69) is 31.4 Å². The number of ether oxygens (including phenoxy) is 1. The van der Waals surface area contributed by atoms with E-state index in [1.807, 2.05) is 47.3 Å². The number of nitrogens with one attached hydrogen (secondary N) is 2. The van der Waals surface area contributed by atoms with Gasteiger partial charge < -0.3 is 19.9 Å². The maximum atomic E-state index is 12.6. The number of hydrogen-bond acceptors (Lipinski definition) is 3. The summed E-state index contributed by atoms with van der Waals surface area (Å²) in [6.07, 6.45) is 7.04. The lowest BCUT2D eigenvalue weighted by Gasteiger charge is -2.28. The molecule has 0 atom stereocenters. The predicted octanol–water partition coefficient (Wildman–Crippen LogP) is 3.86. The summed E-state index contributed by atoms with van der Waals surface area (Å²) in [4.78, 5) is 25.1. The van der Waals surface area contributed by atoms with Crippen molar-refractivity contribution in [2.24, 2.45) is 5.92 Å². The topological polar surface area (TPSA) is 72.4 Å². The van der Waals surface area contributed by atoms with Crippen molar-refractivity contribution in [2.75, 3.05) is 7.11 Å². The van der Waals surface area contributed by atoms with E-state index in [-0.39, 0.29) is 29.3 Å². The van der Waals surface area contributed by atoms with Gasteiger partial charge in [0, 0.05) is 42.0 Å². The SMILES string of the molecule is COc1ccccc1CNC(=O)C1CCC(NC(=O)c2ccn(C(C)(C)C)c2)CC1. The Kier molecular flexibility index (Phi) is 6.85. The molecular weight excluding hydrogens is 378 g/mol. The average molecular weight is 412 g/mol. The number of methoxy groups -OCH3 is 1. The van der Waals surface area contributed by atoms with Gasteiger partial charge in [-0.25, -0.2) is 0 Å². The van der Waals surface area contributed by atoms with E-state index < -0.39 is 0 Å². The van der Waals surface area contributed by atoms with Crippen LogP contribution in [-0.4, -0.2) is 29.5 Å². The van der Waals surface area contributed by atoms with Gasteiger partial charge in [0.2, 0.25) is 5.91 Å². The van der Waals surface area contributed by atoms with Gasteiger partial charge in [0.25, 0.3) is 5.91 Å². The molecular formula is C24H33N3O3. The number of benzene rings is 1. The van der Waals surface area contributed by atoms with Gasteiger partial charge in [-0.15, -0.1) is 0 Å². The summed E-state index contributed by atoms with van der Waals surface area (Å²) in [6.45, 7) is 6.78. The molecule has 1 saturated carbocycles. The molecule has 3 rings (SSSR count). The Hall–Kier alpha value is -2.76. The lowest BCUT2D eigenvalue weighted by atomic mass is 9.85. The maximum Gasteiger partial charge on any atom is 0.253 e. The van der Waals surface area contributed by atoms with Crippen LogP contribution in [0.5, 0.6) is 5.75 Å². The summed E-state index contributed by atoms with van der Waals surface area (Å²) in [5.41, 5.74) is 1.60. The van der Waals surface area contributed by atoms with Crippen molar-refractivity contribution in [3.8, 4) is 5.75 Å². The van der Waals surface area contributed by atoms with Gasteiger partial charge >= 0.3 is 0 Å². The Morgan fingerprint density at radius 1 is 1.10 bits per heavy atom. The van der Waals surface area contributed by atoms with Gasteiger partial charge in [0.15, 0.2) is 0 Å². The van der Waals surface area contributed by atoms with Crippen molar-refractivity contribution in [3.05, 3.63) is 53.9 Å². The van der Waals surface area contributed by atoms with Crippen LogP contribution in [0, 0.1) is 5.92 Å². The molecule has 0 aliphatic heterocycles. The van der Waals surface area contributed by atoms with E-state index in [1.54, 1.807) is 7.11 Å². The zero-order valence-electron chi connectivity index (χ0n) is 18.4. The molecule has 6 nitrogen and oxygen atoms in total. The molecule has 0 spiro atoms. The molecule has 162 valence electrons. The predicted molar refractivity (Wildman–Crippen MR) is 117 cm³/mol. The average Bonchev–Trinajstić information content (AvgIpc) is 3.24. The van der Waals surface area contributed by atoms with Gasteiger partial charge in [-0.1, -0.05) is 18.2 Å². The summed E-state index contributed by atoms with van der Waals surface area (Å²) in [6, 6.07) is 9.68. The van der Waals surface area contributed by atoms with Gasteiger partial charge in [0.1, 0.15) is 5.75 Å². The van der Waals surface area contributed by atoms with Gasteiger partial charge in [-0.05, 0) is 58.6 Å². The van der Waals surface area contributed by atoms with E-state index in [0.717, 1.165) is 37.0 Å². The second-order valence-corrected chi connectivity index (χ2v) is 9.03. The molecule has 30 heavy (non-hydrogen) atoms. The van der Waals surface area contributed by atoms with Crippen molar-refractivity contribution >= 4 is 11.8 Å². The van der Waals surface area contributed by atoms with Crippen LogP contribution >= 0.6 is 0 Å². The monoisotopic (exact) mass is 411 g/mol. The van der Waals surface area contributed by atoms with E-state index in [0.29, 0.717) is 12.1 Å². The standard InChI is InChI=1S/C24H33N3O3/c1-24(2,3)27-14-13-19(16-27)23(29)26-20-11-9-17(10-12-20)22(28)25-15-18-7-5-6-8-21(18)30-4/h5-8,13-14,16-17,20H,9-12,15H2,1-4H3,(H,25,28)(H,26,29). The van der Waals surface area contributed by atoms with Crippen LogP contribution < -0.4 is 15.4 Å². The van der Waals surface area contributed by atoms with Crippen molar-refractivity contribution in [1.82, 2.24) is 15.2 Å². The fourth-order valence-corrected chi connectivity index (χ4v) is 3.89. The van der Waals surface area contributed by atoms with Crippen LogP contribution in [-0.2, 0) is 16.9 Å². The highest BCUT2D eigenvalue weighted by atomic mass is 16.5. The first-order valence-corrected chi connectivity index (χ1v) is 10.7. The largest absolute Gasteiger partial charge is 0.496 e. The number of carbonyl (C=O) groups is 2. The summed E-state index contributed by atoms with van der Waals surface area (Å²) < 4.78 is 7.38. The molecule has 2 N–H and O–H groups in total. The highest BCUT2D eigenvalue weighted by molar-refractivity contribution is 5.94. The zero-order chi connectivity index (χ0) is 21.7. The molecule has 1 fully saturated rings. The van der Waals surface area contributed by atoms with E-state index in [1.165, 1.54) is 0 Å². The van der Waals surface area contributed by atoms with E-state index >= 15 is 0 Å². The van der Waals surface area contributed by atoms with Crippen LogP contribution in [0.1, 0.15) is 62.4 Å². The molecule has 2 aromatic rings. The first-order valence-electron chi connectivity index (χ1n) is 10.7. The number of rotatable bonds is 6. The molecule has 0 radical (unpaired) electrons. The lowest BCUT2D eigenvalue weighted by molar-refractivity contribution is -0.126. The third kappa shape index (κ3) is 5.43. The maximum absolute atomic E-state index is 12.6. The number of aromatic nitrogens is 1. The Morgan fingerprint density at radius 3 is 2.43 bits per heavy atom. The lowest BCUT2D eigenvalue weighted by Crippen LogP contribution is -2.40. The molecule has 2 amide bonds. The Bertz CT molecular complexity index is 874. The molecule has 1 aliphatic rings. The molecule has 1 aliphatic carbocycles. The molecule has 1 aromatic heterocycles. The van der Waals surface area contributed by atoms with Gasteiger partial charge in [-0.3, -0.25) is 9.59 Å². The summed E-state index contributed by atoms with van der Waals surface area (Å²) in [7, 11) is 1.63. The fraction of sp³-hybridized carbons (Fsp3) is 0.500. The second kappa shape index (κ2) is 9.37. The number of para-hydroxylation sites is 1. The van der Waals surface area contributed by atoms with Crippen LogP contribution in [0.4, 0.5) is 0 Å². The van der Waals surface area contributed by atoms with Crippen LogP contribution in [0.3, 0.4) is 0 Å². The third-order valence-corrected chi connectivity index (χ3v) is 5.81. The first-order chi connectivity index (χ1) is 14.3. The quantitative estimate of drug-likeness (QED) is 0.758. The minimum atomic E-state index is -0.0479. The first kappa shape index (κ1) is 21.9. The van der Waals surface area contributed by atoms with Crippen LogP contribution in [0.25, 0.3) is 0 Å². The zero-order valence-corrected chi connectivity index (χ0v) is 18.4. The number of carbonyl (C=O) groups excluding carboxylic acids is 2. The second-order valence-electron chi connectivity index (χ2n) is 9.03. The summed E-state index contributed by atoms with van der Waals surface area (Å²) in [5.74, 6) is 0.814. The summed E-state index contributed by atoms with van der Waals surface area (Å²) >= 11 is 0. The molecule has 1 heterocycles. The normalized spacial score (nSPS) is 19.2. The van der Waals surface area contributed by atoms with Crippen molar-refractivity contribution in [1.29, 1.82) is 0 Å². The highest BCUT2D eigenvalue weighted by Crippen LogP contribution is 2.25. The smallest absolute Gasteiger partial charge is 0.253 e. The van der Waals surface area contributed by atoms with E-state index in [9.17, 15) is 9.59 Å². The number of nitrogens with zero attached hydrogens (tertiary/aromatic N) is 1. The van der Waals surface area contributed by atoms with Gasteiger partial charge in [0.05, 0.1) is 12.7 Å². The van der Waals surface area contributed by atoms with Crippen LogP contribution in [0.15, 0.2) is 42.7 Å². The Morgan fingerprint density at radius 2 is 1.80 bits per heavy atom. The Balaban J connectivity index is 1.45. The van der Waals surface area contributed by atoms with Crippen molar-refractivity contribution < 1.29 is 14.3 Å². The third-order valence-electron chi connectivity index (χ3n) is 5.81. The Labute approximate surface area is 179 Å². The minimum Gasteiger partial charge on any atom is -0.496 e. The molecule has 0 bridgehead atoms. The number of amides is 2. The fourth-order valence-electron chi connectivity index (χ4n) is 3.89. The summed E-state index contributed by atoms with van der Waals surface area (Å²) in [5, 5.41) is 6.16. The highest BCUT2D eigenvalue weighted by Gasteiger charge is 2.27. The molecule has 0 saturated heterocycles. The number of hydrogen-bond donors (Lipinski definition) is 2. The molecule has 1 aromatic carbocycles. The van der Waals surface area contributed by atoms with E-state index in [4.69, 9.17) is 4.74 Å². The minimum absolute atomic E-state index is 0.00478.